The molecule has 2 nitrogen and oxygen atoms in total. The molecule has 0 bridgehead atoms. The Balaban J connectivity index is 1.59. The van der Waals surface area contributed by atoms with Crippen molar-refractivity contribution in [2.75, 3.05) is 13.1 Å². The van der Waals surface area contributed by atoms with E-state index in [0.29, 0.717) is 0 Å². The van der Waals surface area contributed by atoms with Crippen LogP contribution in [0.3, 0.4) is 0 Å². The van der Waals surface area contributed by atoms with Crippen LogP contribution in [0.1, 0.15) is 61.3 Å². The zero-order valence-electron chi connectivity index (χ0n) is 13.6. The first-order valence-electron chi connectivity index (χ1n) is 8.71. The highest BCUT2D eigenvalue weighted by atomic mass is 15.2. The minimum Gasteiger partial charge on any atom is -0.324 e. The predicted octanol–water partition coefficient (Wildman–Crippen LogP) is 3.96. The fourth-order valence-electron chi connectivity index (χ4n) is 4.53. The van der Waals surface area contributed by atoms with Crippen LogP contribution in [-0.2, 0) is 0 Å². The second-order valence-electron chi connectivity index (χ2n) is 7.25. The number of nitrogens with two attached hydrogens (primary N) is 1. The molecule has 1 aromatic rings. The van der Waals surface area contributed by atoms with Gasteiger partial charge in [0.05, 0.1) is 0 Å². The van der Waals surface area contributed by atoms with E-state index in [2.05, 4.69) is 36.9 Å². The van der Waals surface area contributed by atoms with Crippen molar-refractivity contribution < 1.29 is 0 Å². The summed E-state index contributed by atoms with van der Waals surface area (Å²) in [6, 6.07) is 7.79. The number of nitrogens with zero attached hydrogens (tertiary/aromatic N) is 1. The average Bonchev–Trinajstić information content (AvgIpc) is 2.92. The van der Waals surface area contributed by atoms with Gasteiger partial charge in [0.25, 0.3) is 0 Å². The smallest absolute Gasteiger partial charge is 0.0307 e. The van der Waals surface area contributed by atoms with E-state index in [1.807, 2.05) is 0 Å². The zero-order valence-corrected chi connectivity index (χ0v) is 13.6. The lowest BCUT2D eigenvalue weighted by atomic mass is 9.91. The van der Waals surface area contributed by atoms with Crippen molar-refractivity contribution in [3.05, 3.63) is 34.9 Å². The molecule has 2 heteroatoms. The van der Waals surface area contributed by atoms with Gasteiger partial charge in [0.15, 0.2) is 0 Å². The second-order valence-corrected chi connectivity index (χ2v) is 7.25. The van der Waals surface area contributed by atoms with Gasteiger partial charge in [0, 0.05) is 18.6 Å². The Labute approximate surface area is 129 Å². The number of hydrogen-bond acceptors (Lipinski definition) is 2. The molecule has 1 saturated carbocycles. The molecule has 3 atom stereocenters. The summed E-state index contributed by atoms with van der Waals surface area (Å²) >= 11 is 0. The Morgan fingerprint density at radius 1 is 1.10 bits per heavy atom. The highest BCUT2D eigenvalue weighted by molar-refractivity contribution is 5.30. The standard InChI is InChI=1S/C19H30N2/c1-14-11-15(2)13-17(12-14)18(20)8-10-21-9-4-6-16-5-3-7-19(16)21/h11-13,16,18-19H,3-10,20H2,1-2H3. The molecule has 1 saturated heterocycles. The molecule has 0 radical (unpaired) electrons. The zero-order chi connectivity index (χ0) is 14.8. The van der Waals surface area contributed by atoms with E-state index in [1.54, 1.807) is 0 Å². The average molecular weight is 286 g/mol. The van der Waals surface area contributed by atoms with E-state index in [0.717, 1.165) is 18.4 Å². The Kier molecular flexibility index (Phi) is 4.66. The summed E-state index contributed by atoms with van der Waals surface area (Å²) in [4.78, 5) is 2.74. The first-order valence-corrected chi connectivity index (χ1v) is 8.71. The van der Waals surface area contributed by atoms with Crippen LogP contribution in [0.4, 0.5) is 0 Å². The lowest BCUT2D eigenvalue weighted by Gasteiger charge is -2.38. The van der Waals surface area contributed by atoms with Crippen molar-refractivity contribution in [2.45, 2.75) is 64.5 Å². The molecule has 0 aromatic heterocycles. The molecule has 1 aliphatic heterocycles. The third-order valence-corrected chi connectivity index (χ3v) is 5.51. The maximum absolute atomic E-state index is 6.46. The molecule has 2 fully saturated rings. The summed E-state index contributed by atoms with van der Waals surface area (Å²) in [5.74, 6) is 0.983. The Bertz CT molecular complexity index is 462. The minimum atomic E-state index is 0.186. The lowest BCUT2D eigenvalue weighted by Crippen LogP contribution is -2.43. The minimum absolute atomic E-state index is 0.186. The van der Waals surface area contributed by atoms with Crippen LogP contribution in [0.25, 0.3) is 0 Å². The van der Waals surface area contributed by atoms with Crippen molar-refractivity contribution in [3.63, 3.8) is 0 Å². The van der Waals surface area contributed by atoms with Crippen LogP contribution in [-0.4, -0.2) is 24.0 Å². The summed E-state index contributed by atoms with van der Waals surface area (Å²) in [6.45, 7) is 6.80. The molecular weight excluding hydrogens is 256 g/mol. The quantitative estimate of drug-likeness (QED) is 0.908. The molecule has 2 N–H and O–H groups in total. The number of hydrogen-bond donors (Lipinski definition) is 1. The number of rotatable bonds is 4. The summed E-state index contributed by atoms with van der Waals surface area (Å²) in [5, 5.41) is 0. The van der Waals surface area contributed by atoms with Crippen molar-refractivity contribution in [1.29, 1.82) is 0 Å². The number of likely N-dealkylation sites (tertiary alicyclic amines) is 1. The van der Waals surface area contributed by atoms with Crippen LogP contribution in [0.2, 0.25) is 0 Å². The van der Waals surface area contributed by atoms with Gasteiger partial charge in [-0.2, -0.15) is 0 Å². The van der Waals surface area contributed by atoms with Crippen LogP contribution >= 0.6 is 0 Å². The molecule has 1 heterocycles. The van der Waals surface area contributed by atoms with Gasteiger partial charge in [-0.3, -0.25) is 0 Å². The van der Waals surface area contributed by atoms with E-state index < -0.39 is 0 Å². The third kappa shape index (κ3) is 3.49. The van der Waals surface area contributed by atoms with Crippen LogP contribution in [0.15, 0.2) is 18.2 Å². The topological polar surface area (TPSA) is 29.3 Å². The van der Waals surface area contributed by atoms with Gasteiger partial charge in [-0.1, -0.05) is 35.7 Å². The van der Waals surface area contributed by atoms with Crippen molar-refractivity contribution in [3.8, 4) is 0 Å². The number of fused-ring (bicyclic) bond motifs is 1. The van der Waals surface area contributed by atoms with Gasteiger partial charge in [-0.25, -0.2) is 0 Å². The number of benzene rings is 1. The normalized spacial score (nSPS) is 27.6. The van der Waals surface area contributed by atoms with Gasteiger partial charge in [-0.05, 0) is 64.0 Å². The molecule has 1 aliphatic carbocycles. The Hall–Kier alpha value is -0.860. The van der Waals surface area contributed by atoms with E-state index in [9.17, 15) is 0 Å². The molecule has 1 aromatic carbocycles. The largest absolute Gasteiger partial charge is 0.324 e. The maximum atomic E-state index is 6.46. The first-order chi connectivity index (χ1) is 10.1. The fourth-order valence-corrected chi connectivity index (χ4v) is 4.53. The molecular formula is C19H30N2. The molecule has 0 spiro atoms. The maximum Gasteiger partial charge on any atom is 0.0307 e. The molecule has 0 amide bonds. The van der Waals surface area contributed by atoms with Crippen molar-refractivity contribution in [1.82, 2.24) is 4.90 Å². The SMILES string of the molecule is Cc1cc(C)cc(C(N)CCN2CCCC3CCCC32)c1. The summed E-state index contributed by atoms with van der Waals surface area (Å²) in [6.07, 6.45) is 8.26. The highest BCUT2D eigenvalue weighted by Crippen LogP contribution is 2.37. The van der Waals surface area contributed by atoms with Crippen LogP contribution < -0.4 is 5.73 Å². The van der Waals surface area contributed by atoms with E-state index in [1.165, 1.54) is 61.9 Å². The van der Waals surface area contributed by atoms with Crippen molar-refractivity contribution >= 4 is 0 Å². The van der Waals surface area contributed by atoms with Gasteiger partial charge in [-0.15, -0.1) is 0 Å². The van der Waals surface area contributed by atoms with Crippen LogP contribution in [0, 0.1) is 19.8 Å². The van der Waals surface area contributed by atoms with Crippen molar-refractivity contribution in [2.24, 2.45) is 11.7 Å². The molecule has 3 unspecified atom stereocenters. The summed E-state index contributed by atoms with van der Waals surface area (Å²) < 4.78 is 0. The Morgan fingerprint density at radius 2 is 1.81 bits per heavy atom. The molecule has 3 rings (SSSR count). The second kappa shape index (κ2) is 6.50. The van der Waals surface area contributed by atoms with Gasteiger partial charge in [0.1, 0.15) is 0 Å². The molecule has 2 aliphatic rings. The molecule has 21 heavy (non-hydrogen) atoms. The van der Waals surface area contributed by atoms with E-state index >= 15 is 0 Å². The van der Waals surface area contributed by atoms with Gasteiger partial charge in [0.2, 0.25) is 0 Å². The van der Waals surface area contributed by atoms with E-state index in [-0.39, 0.29) is 6.04 Å². The number of aryl methyl sites for hydroxylation is 2. The highest BCUT2D eigenvalue weighted by Gasteiger charge is 2.34. The Morgan fingerprint density at radius 3 is 2.57 bits per heavy atom. The van der Waals surface area contributed by atoms with Gasteiger partial charge < -0.3 is 10.6 Å². The third-order valence-electron chi connectivity index (χ3n) is 5.51. The lowest BCUT2D eigenvalue weighted by molar-refractivity contribution is 0.109. The predicted molar refractivity (Wildman–Crippen MR) is 89.4 cm³/mol. The summed E-state index contributed by atoms with van der Waals surface area (Å²) in [7, 11) is 0. The van der Waals surface area contributed by atoms with Gasteiger partial charge >= 0.3 is 0 Å². The molecule has 116 valence electrons. The fraction of sp³-hybridized carbons (Fsp3) is 0.684. The van der Waals surface area contributed by atoms with Crippen LogP contribution in [0.5, 0.6) is 0 Å². The summed E-state index contributed by atoms with van der Waals surface area (Å²) in [5.41, 5.74) is 10.4. The monoisotopic (exact) mass is 286 g/mol. The first kappa shape index (κ1) is 15.1. The number of piperidine rings is 1. The van der Waals surface area contributed by atoms with E-state index in [4.69, 9.17) is 5.73 Å².